The van der Waals surface area contributed by atoms with E-state index < -0.39 is 5.97 Å². The minimum Gasteiger partial charge on any atom is -0.497 e. The zero-order valence-corrected chi connectivity index (χ0v) is 17.3. The number of carbonyl (C=O) groups is 2. The molecular weight excluding hydrogens is 410 g/mol. The molecule has 2 heterocycles. The molecule has 2 aromatic heterocycles. The molecule has 8 nitrogen and oxygen atoms in total. The highest BCUT2D eigenvalue weighted by atomic mass is 16.5. The quantitative estimate of drug-likeness (QED) is 0.327. The molecule has 32 heavy (non-hydrogen) atoms. The van der Waals surface area contributed by atoms with Gasteiger partial charge in [-0.05, 0) is 35.9 Å². The second-order valence-corrected chi connectivity index (χ2v) is 7.12. The van der Waals surface area contributed by atoms with Crippen molar-refractivity contribution in [3.8, 4) is 5.75 Å². The Labute approximate surface area is 183 Å². The molecule has 0 unspecified atom stereocenters. The molecule has 0 aliphatic rings. The molecule has 2 N–H and O–H groups in total. The number of aromatic carboxylic acids is 1. The van der Waals surface area contributed by atoms with Crippen LogP contribution in [0.25, 0.3) is 10.9 Å². The molecule has 4 rings (SSSR count). The van der Waals surface area contributed by atoms with E-state index in [0.717, 1.165) is 22.0 Å². The molecule has 0 saturated heterocycles. The molecule has 0 aliphatic carbocycles. The van der Waals surface area contributed by atoms with Gasteiger partial charge in [0, 0.05) is 22.7 Å². The maximum atomic E-state index is 12.2. The molecule has 0 spiro atoms. The van der Waals surface area contributed by atoms with Crippen LogP contribution in [0, 0.1) is 0 Å². The predicted octanol–water partition coefficient (Wildman–Crippen LogP) is 3.68. The van der Waals surface area contributed by atoms with Gasteiger partial charge in [0.2, 0.25) is 11.7 Å². The average Bonchev–Trinajstić information content (AvgIpc) is 3.40. The fourth-order valence-electron chi connectivity index (χ4n) is 3.44. The first-order valence-corrected chi connectivity index (χ1v) is 9.88. The summed E-state index contributed by atoms with van der Waals surface area (Å²) in [6.45, 7) is 0.365. The summed E-state index contributed by atoms with van der Waals surface area (Å²) in [5.74, 6) is -0.227. The van der Waals surface area contributed by atoms with Crippen LogP contribution >= 0.6 is 0 Å². The van der Waals surface area contributed by atoms with E-state index in [4.69, 9.17) is 14.3 Å². The Morgan fingerprint density at radius 3 is 2.78 bits per heavy atom. The summed E-state index contributed by atoms with van der Waals surface area (Å²) in [5, 5.41) is 14.1. The van der Waals surface area contributed by atoms with Crippen molar-refractivity contribution < 1.29 is 23.8 Å². The normalized spacial score (nSPS) is 11.2. The van der Waals surface area contributed by atoms with Gasteiger partial charge in [0.05, 0.1) is 26.3 Å². The third-order valence-corrected chi connectivity index (χ3v) is 4.91. The third kappa shape index (κ3) is 4.70. The number of rotatable bonds is 8. The fourth-order valence-corrected chi connectivity index (χ4v) is 3.44. The number of carboxylic acid groups (broad SMARTS) is 1. The van der Waals surface area contributed by atoms with Gasteiger partial charge in [0.1, 0.15) is 11.5 Å². The van der Waals surface area contributed by atoms with Crippen molar-refractivity contribution in [3.05, 3.63) is 89.5 Å². The predicted molar refractivity (Wildman–Crippen MR) is 119 cm³/mol. The first kappa shape index (κ1) is 20.9. The maximum absolute atomic E-state index is 12.2. The highest BCUT2D eigenvalue weighted by Gasteiger charge is 2.12. The zero-order chi connectivity index (χ0) is 22.5. The number of fused-ring (bicyclic) bond motifs is 1. The number of nitrogens with one attached hydrogen (secondary N) is 1. The molecule has 0 aliphatic heterocycles. The number of methoxy groups -OCH3 is 1. The number of hydrogen-bond donors (Lipinski definition) is 2. The Morgan fingerprint density at radius 1 is 1.16 bits per heavy atom. The number of hydrazone groups is 1. The summed E-state index contributed by atoms with van der Waals surface area (Å²) < 4.78 is 12.5. The molecule has 4 aromatic rings. The van der Waals surface area contributed by atoms with E-state index in [-0.39, 0.29) is 18.1 Å². The maximum Gasteiger partial charge on any atom is 0.371 e. The van der Waals surface area contributed by atoms with Crippen molar-refractivity contribution in [2.75, 3.05) is 7.11 Å². The topological polar surface area (TPSA) is 106 Å². The number of furan rings is 1. The Kier molecular flexibility index (Phi) is 6.03. The molecule has 2 aromatic carbocycles. The molecule has 0 fully saturated rings. The summed E-state index contributed by atoms with van der Waals surface area (Å²) in [6, 6.07) is 18.1. The summed E-state index contributed by atoms with van der Waals surface area (Å²) in [6.07, 6.45) is 3.65. The Morgan fingerprint density at radius 2 is 2.00 bits per heavy atom. The summed E-state index contributed by atoms with van der Waals surface area (Å²) in [4.78, 5) is 23.3. The lowest BCUT2D eigenvalue weighted by atomic mass is 10.1. The van der Waals surface area contributed by atoms with Crippen LogP contribution < -0.4 is 10.2 Å². The van der Waals surface area contributed by atoms with E-state index in [1.54, 1.807) is 25.5 Å². The zero-order valence-electron chi connectivity index (χ0n) is 17.3. The lowest BCUT2D eigenvalue weighted by Gasteiger charge is -2.03. The molecule has 0 bridgehead atoms. The number of hydrogen-bond acceptors (Lipinski definition) is 5. The first-order valence-electron chi connectivity index (χ1n) is 9.88. The number of nitrogens with zero attached hydrogens (tertiary/aromatic N) is 2. The smallest absolute Gasteiger partial charge is 0.371 e. The molecule has 0 atom stereocenters. The standard InChI is InChI=1S/C24H21N3O5/c1-31-18-6-4-5-16(11-18)12-23(28)26-25-13-17-14-27(21-8-3-2-7-20(17)21)15-19-9-10-22(32-19)24(29)30/h2-11,13-14H,12,15H2,1H3,(H,26,28)(H,29,30)/b25-13+. The van der Waals surface area contributed by atoms with Gasteiger partial charge < -0.3 is 18.8 Å². The van der Waals surface area contributed by atoms with Gasteiger partial charge in [-0.2, -0.15) is 5.10 Å². The number of amides is 1. The molecule has 1 amide bonds. The Balaban J connectivity index is 1.48. The Hall–Kier alpha value is -4.33. The van der Waals surface area contributed by atoms with E-state index in [1.807, 2.05) is 53.2 Å². The second-order valence-electron chi connectivity index (χ2n) is 7.12. The SMILES string of the molecule is COc1cccc(CC(=O)N/N=C/c2cn(Cc3ccc(C(=O)O)o3)c3ccccc23)c1. The van der Waals surface area contributed by atoms with Crippen LogP contribution in [0.2, 0.25) is 0 Å². The van der Waals surface area contributed by atoms with Gasteiger partial charge in [0.15, 0.2) is 0 Å². The van der Waals surface area contributed by atoms with Crippen LogP contribution in [0.4, 0.5) is 0 Å². The van der Waals surface area contributed by atoms with Crippen molar-refractivity contribution in [1.29, 1.82) is 0 Å². The summed E-state index contributed by atoms with van der Waals surface area (Å²) in [5.41, 5.74) is 5.13. The van der Waals surface area contributed by atoms with Crippen LogP contribution in [0.15, 0.2) is 76.4 Å². The molecule has 162 valence electrons. The van der Waals surface area contributed by atoms with Crippen molar-refractivity contribution in [2.24, 2.45) is 5.10 Å². The van der Waals surface area contributed by atoms with E-state index in [0.29, 0.717) is 18.1 Å². The fraction of sp³-hybridized carbons (Fsp3) is 0.125. The van der Waals surface area contributed by atoms with Gasteiger partial charge in [-0.25, -0.2) is 10.2 Å². The van der Waals surface area contributed by atoms with Crippen molar-refractivity contribution >= 4 is 29.0 Å². The Bertz CT molecular complexity index is 1300. The lowest BCUT2D eigenvalue weighted by Crippen LogP contribution is -2.19. The van der Waals surface area contributed by atoms with E-state index in [9.17, 15) is 9.59 Å². The van der Waals surface area contributed by atoms with Gasteiger partial charge >= 0.3 is 5.97 Å². The van der Waals surface area contributed by atoms with Gasteiger partial charge in [-0.3, -0.25) is 4.79 Å². The average molecular weight is 431 g/mol. The lowest BCUT2D eigenvalue weighted by molar-refractivity contribution is -0.120. The van der Waals surface area contributed by atoms with Crippen molar-refractivity contribution in [2.45, 2.75) is 13.0 Å². The van der Waals surface area contributed by atoms with Gasteiger partial charge in [-0.1, -0.05) is 30.3 Å². The van der Waals surface area contributed by atoms with Gasteiger partial charge in [0.25, 0.3) is 0 Å². The van der Waals surface area contributed by atoms with Crippen LogP contribution in [0.5, 0.6) is 5.75 Å². The second kappa shape index (κ2) is 9.22. The van der Waals surface area contributed by atoms with Crippen molar-refractivity contribution in [1.82, 2.24) is 9.99 Å². The molecule has 0 radical (unpaired) electrons. The van der Waals surface area contributed by atoms with Gasteiger partial charge in [-0.15, -0.1) is 0 Å². The molecule has 0 saturated carbocycles. The largest absolute Gasteiger partial charge is 0.497 e. The summed E-state index contributed by atoms with van der Waals surface area (Å²) >= 11 is 0. The van der Waals surface area contributed by atoms with Crippen LogP contribution in [-0.2, 0) is 17.8 Å². The van der Waals surface area contributed by atoms with Crippen molar-refractivity contribution in [3.63, 3.8) is 0 Å². The minimum atomic E-state index is -1.11. The van der Waals surface area contributed by atoms with E-state index in [1.165, 1.54) is 6.07 Å². The molecule has 8 heteroatoms. The van der Waals surface area contributed by atoms with Crippen LogP contribution in [0.1, 0.15) is 27.4 Å². The highest BCUT2D eigenvalue weighted by molar-refractivity contribution is 5.99. The number of para-hydroxylation sites is 1. The third-order valence-electron chi connectivity index (χ3n) is 4.91. The number of carboxylic acids is 1. The molecular formula is C24H21N3O5. The number of ether oxygens (including phenoxy) is 1. The minimum absolute atomic E-state index is 0.100. The van der Waals surface area contributed by atoms with Crippen LogP contribution in [0.3, 0.4) is 0 Å². The number of benzene rings is 2. The first-order chi connectivity index (χ1) is 15.5. The van der Waals surface area contributed by atoms with E-state index in [2.05, 4.69) is 10.5 Å². The van der Waals surface area contributed by atoms with Crippen LogP contribution in [-0.4, -0.2) is 34.9 Å². The highest BCUT2D eigenvalue weighted by Crippen LogP contribution is 2.22. The number of aromatic nitrogens is 1. The van der Waals surface area contributed by atoms with E-state index >= 15 is 0 Å². The summed E-state index contributed by atoms with van der Waals surface area (Å²) in [7, 11) is 1.58. The monoisotopic (exact) mass is 431 g/mol. The number of carbonyl (C=O) groups excluding carboxylic acids is 1.